The summed E-state index contributed by atoms with van der Waals surface area (Å²) in [6, 6.07) is 0. The molecule has 5 aliphatic rings. The Morgan fingerprint density at radius 1 is 0.875 bits per heavy atom. The Labute approximate surface area is 339 Å². The molecule has 0 aromatic carbocycles. The number of ketones is 1. The maximum Gasteiger partial charge on any atom is 0.306 e. The highest BCUT2D eigenvalue weighted by Crippen LogP contribution is 2.68. The van der Waals surface area contributed by atoms with Crippen LogP contribution in [0.1, 0.15) is 182 Å². The molecule has 1 saturated carbocycles. The summed E-state index contributed by atoms with van der Waals surface area (Å²) in [7, 11) is 0. The van der Waals surface area contributed by atoms with E-state index in [4.69, 9.17) is 18.9 Å². The van der Waals surface area contributed by atoms with Crippen molar-refractivity contribution in [2.45, 2.75) is 211 Å². The largest absolute Gasteiger partial charge is 0.461 e. The van der Waals surface area contributed by atoms with Crippen molar-refractivity contribution in [2.75, 3.05) is 6.61 Å². The van der Waals surface area contributed by atoms with Crippen molar-refractivity contribution in [1.82, 2.24) is 0 Å². The normalized spacial score (nSPS) is 33.1. The van der Waals surface area contributed by atoms with Gasteiger partial charge in [0.15, 0.2) is 5.78 Å². The number of fused-ring (bicyclic) bond motifs is 2. The quantitative estimate of drug-likeness (QED) is 0.0405. The number of rotatable bonds is 26. The smallest absolute Gasteiger partial charge is 0.306 e. The molecular formula is C49H76O7. The molecule has 7 heteroatoms. The number of Topliss-reactive ketones (excluding diaryl/α,β-unsaturated/α-hetero) is 1. The second-order valence-electron chi connectivity index (χ2n) is 18.1. The van der Waals surface area contributed by atoms with Gasteiger partial charge in [0.2, 0.25) is 0 Å². The summed E-state index contributed by atoms with van der Waals surface area (Å²) in [5, 5.41) is 12.5. The molecule has 3 fully saturated rings. The highest BCUT2D eigenvalue weighted by molar-refractivity contribution is 6.04. The molecule has 3 bridgehead atoms. The van der Waals surface area contributed by atoms with Gasteiger partial charge in [-0.25, -0.2) is 0 Å². The molecule has 0 aromatic heterocycles. The molecule has 1 N–H and O–H groups in total. The van der Waals surface area contributed by atoms with E-state index in [1.807, 2.05) is 31.2 Å². The number of ether oxygens (including phenoxy) is 4. The molecule has 2 heterocycles. The minimum absolute atomic E-state index is 0.0155. The summed E-state index contributed by atoms with van der Waals surface area (Å²) in [5.74, 6) is -3.17. The molecule has 2 saturated heterocycles. The van der Waals surface area contributed by atoms with Crippen LogP contribution < -0.4 is 0 Å². The van der Waals surface area contributed by atoms with Gasteiger partial charge in [0.05, 0.1) is 5.60 Å². The van der Waals surface area contributed by atoms with Crippen LogP contribution in [0.15, 0.2) is 59.8 Å². The van der Waals surface area contributed by atoms with Gasteiger partial charge in [0.25, 0.3) is 0 Å². The minimum atomic E-state index is -1.73. The molecule has 0 unspecified atom stereocenters. The fourth-order valence-electron chi connectivity index (χ4n) is 10.5. The van der Waals surface area contributed by atoms with Crippen LogP contribution in [-0.2, 0) is 28.5 Å². The van der Waals surface area contributed by atoms with Crippen molar-refractivity contribution in [3.05, 3.63) is 59.8 Å². The number of unbranched alkanes of at least 4 members (excludes halogenated alkanes) is 18. The molecule has 56 heavy (non-hydrogen) atoms. The fourth-order valence-corrected chi connectivity index (χ4v) is 10.5. The number of hydrogen-bond acceptors (Lipinski definition) is 7. The summed E-state index contributed by atoms with van der Waals surface area (Å²) in [6.07, 6.45) is 37.3. The van der Waals surface area contributed by atoms with E-state index in [2.05, 4.69) is 39.5 Å². The molecule has 0 radical (unpaired) electrons. The molecular weight excluding hydrogens is 701 g/mol. The van der Waals surface area contributed by atoms with Crippen LogP contribution in [0.3, 0.4) is 0 Å². The molecule has 0 aromatic rings. The van der Waals surface area contributed by atoms with Gasteiger partial charge in [-0.2, -0.15) is 0 Å². The van der Waals surface area contributed by atoms with Gasteiger partial charge in [-0.05, 0) is 62.2 Å². The predicted molar refractivity (Wildman–Crippen MR) is 225 cm³/mol. The lowest BCUT2D eigenvalue weighted by atomic mass is 9.55. The van der Waals surface area contributed by atoms with Crippen molar-refractivity contribution in [3.8, 4) is 0 Å². The summed E-state index contributed by atoms with van der Waals surface area (Å²) >= 11 is 0. The van der Waals surface area contributed by atoms with Crippen LogP contribution in [0.4, 0.5) is 0 Å². The molecule has 0 amide bonds. The van der Waals surface area contributed by atoms with Crippen molar-refractivity contribution in [2.24, 2.45) is 17.8 Å². The van der Waals surface area contributed by atoms with Gasteiger partial charge in [-0.15, -0.1) is 0 Å². The van der Waals surface area contributed by atoms with Gasteiger partial charge < -0.3 is 24.1 Å². The van der Waals surface area contributed by atoms with Crippen LogP contribution in [0.2, 0.25) is 0 Å². The number of carbonyl (C=O) groups is 2. The van der Waals surface area contributed by atoms with E-state index in [-0.39, 0.29) is 36.6 Å². The van der Waals surface area contributed by atoms with Gasteiger partial charge in [-0.1, -0.05) is 167 Å². The zero-order valence-electron chi connectivity index (χ0n) is 35.8. The van der Waals surface area contributed by atoms with Crippen molar-refractivity contribution < 1.29 is 33.6 Å². The Morgan fingerprint density at radius 3 is 2.07 bits per heavy atom. The lowest BCUT2D eigenvalue weighted by molar-refractivity contribution is -0.398. The van der Waals surface area contributed by atoms with Crippen molar-refractivity contribution in [1.29, 1.82) is 0 Å². The van der Waals surface area contributed by atoms with E-state index in [1.165, 1.54) is 96.3 Å². The maximum atomic E-state index is 13.9. The second-order valence-corrected chi connectivity index (χ2v) is 18.1. The van der Waals surface area contributed by atoms with Crippen LogP contribution in [0.5, 0.6) is 0 Å². The summed E-state index contributed by atoms with van der Waals surface area (Å²) in [4.78, 5) is 26.9. The van der Waals surface area contributed by atoms with Gasteiger partial charge in [-0.3, -0.25) is 9.59 Å². The topological polar surface area (TPSA) is 91.3 Å². The van der Waals surface area contributed by atoms with Crippen LogP contribution in [0, 0.1) is 17.8 Å². The second kappa shape index (κ2) is 20.6. The predicted octanol–water partition coefficient (Wildman–Crippen LogP) is 11.9. The third kappa shape index (κ3) is 9.92. The molecule has 2 aliphatic heterocycles. The summed E-state index contributed by atoms with van der Waals surface area (Å²) in [5.41, 5.74) is -1.47. The van der Waals surface area contributed by atoms with Gasteiger partial charge in [0, 0.05) is 30.8 Å². The average Bonchev–Trinajstić information content (AvgIpc) is 3.48. The number of aliphatic hydroxyl groups is 1. The van der Waals surface area contributed by atoms with Crippen LogP contribution in [0.25, 0.3) is 0 Å². The van der Waals surface area contributed by atoms with Crippen LogP contribution in [-0.4, -0.2) is 52.3 Å². The third-order valence-corrected chi connectivity index (χ3v) is 13.6. The van der Waals surface area contributed by atoms with Crippen molar-refractivity contribution >= 4 is 11.8 Å². The van der Waals surface area contributed by atoms with Crippen LogP contribution >= 0.6 is 0 Å². The Hall–Kier alpha value is -2.32. The number of allylic oxidation sites excluding steroid dienone is 3. The zero-order valence-corrected chi connectivity index (χ0v) is 35.8. The average molecular weight is 777 g/mol. The number of esters is 1. The van der Waals surface area contributed by atoms with Gasteiger partial charge in [0.1, 0.15) is 23.9 Å². The first-order valence-electron chi connectivity index (χ1n) is 22.9. The van der Waals surface area contributed by atoms with Crippen molar-refractivity contribution in [3.63, 3.8) is 0 Å². The Balaban J connectivity index is 1.23. The Bertz CT molecular complexity index is 1460. The van der Waals surface area contributed by atoms with Gasteiger partial charge >= 0.3 is 11.9 Å². The maximum absolute atomic E-state index is 13.9. The highest BCUT2D eigenvalue weighted by Gasteiger charge is 2.78. The lowest BCUT2D eigenvalue weighted by Crippen LogP contribution is -2.70. The number of carbonyl (C=O) groups excluding carboxylic acids is 2. The zero-order chi connectivity index (χ0) is 40.2. The monoisotopic (exact) mass is 777 g/mol. The lowest BCUT2D eigenvalue weighted by Gasteiger charge is -2.58. The van der Waals surface area contributed by atoms with E-state index in [0.29, 0.717) is 24.0 Å². The van der Waals surface area contributed by atoms with E-state index in [0.717, 1.165) is 37.7 Å². The van der Waals surface area contributed by atoms with E-state index < -0.39 is 34.8 Å². The Kier molecular flexibility index (Phi) is 16.5. The minimum Gasteiger partial charge on any atom is -0.461 e. The molecule has 5 rings (SSSR count). The molecule has 8 atom stereocenters. The first kappa shape index (κ1) is 44.8. The fraction of sp³-hybridized carbons (Fsp3) is 0.755. The third-order valence-electron chi connectivity index (χ3n) is 13.6. The Morgan fingerprint density at radius 2 is 1.46 bits per heavy atom. The SMILES string of the molecule is C=C(C)[C@]12C[C@@H](C)[C@@]34O[C@](/C=C/C=C/CCCCCCCCC)(O[C@@H]1[C@@H]3C=C(COC(=O)CCCCCCCCCCCCCC)C[C@]1(O)C(=O)C(C)=C[C@@H]41)O2. The first-order chi connectivity index (χ1) is 27.0. The number of hydrogen-bond donors (Lipinski definition) is 1. The molecule has 3 aliphatic carbocycles. The standard InChI is InChI=1S/C49H76O7/c1-7-9-11-13-15-17-19-20-22-24-26-28-30-43(50)53-36-40-33-41-45-47(37(3)4)34-39(6)49(41,42-32-38(5)44(51)46(42,52)35-40)56-48(54-45,55-47)31-29-27-25-23-21-18-16-14-12-10-8-2/h25,27,29,31-33,39,41-42,45,52H,3,7-24,26,28,30,34-36H2,1-2,4-6H3/b27-25+,31-29+/t39-,41+,42-,45-,46-,47-,48-,49-/m1/s1. The molecule has 7 nitrogen and oxygen atoms in total. The van der Waals surface area contributed by atoms with E-state index >= 15 is 0 Å². The molecule has 0 spiro atoms. The first-order valence-corrected chi connectivity index (χ1v) is 22.9. The van der Waals surface area contributed by atoms with E-state index in [1.54, 1.807) is 6.92 Å². The van der Waals surface area contributed by atoms with E-state index in [9.17, 15) is 14.7 Å². The molecule has 314 valence electrons. The summed E-state index contributed by atoms with van der Waals surface area (Å²) < 4.78 is 26.8. The summed E-state index contributed by atoms with van der Waals surface area (Å²) in [6.45, 7) is 14.8. The highest BCUT2D eigenvalue weighted by atomic mass is 16.9.